The summed E-state index contributed by atoms with van der Waals surface area (Å²) in [6.45, 7) is 8.13. The number of pyridine rings is 1. The van der Waals surface area contributed by atoms with Crippen molar-refractivity contribution in [2.75, 3.05) is 19.3 Å². The SMILES string of the molecule is Cc1ccc2c(=O)n(CCN(C)C(=O)OC(C)(C)C)ccc2c1N. The lowest BCUT2D eigenvalue weighted by molar-refractivity contribution is 0.0293. The summed E-state index contributed by atoms with van der Waals surface area (Å²) in [4.78, 5) is 26.0. The van der Waals surface area contributed by atoms with Crippen LogP contribution >= 0.6 is 0 Å². The fourth-order valence-electron chi connectivity index (χ4n) is 2.36. The van der Waals surface area contributed by atoms with Gasteiger partial charge in [-0.2, -0.15) is 0 Å². The second-order valence-electron chi connectivity index (χ2n) is 6.97. The molecule has 0 saturated carbocycles. The lowest BCUT2D eigenvalue weighted by Crippen LogP contribution is -2.37. The molecule has 24 heavy (non-hydrogen) atoms. The molecule has 1 aromatic carbocycles. The van der Waals surface area contributed by atoms with Crippen molar-refractivity contribution in [3.05, 3.63) is 40.3 Å². The van der Waals surface area contributed by atoms with E-state index >= 15 is 0 Å². The van der Waals surface area contributed by atoms with Gasteiger partial charge in [-0.25, -0.2) is 4.79 Å². The number of rotatable bonds is 3. The zero-order valence-electron chi connectivity index (χ0n) is 14.9. The predicted molar refractivity (Wildman–Crippen MR) is 96.2 cm³/mol. The molecule has 0 aliphatic rings. The van der Waals surface area contributed by atoms with Gasteiger partial charge in [0.1, 0.15) is 5.60 Å². The van der Waals surface area contributed by atoms with Crippen LogP contribution in [0.2, 0.25) is 0 Å². The first kappa shape index (κ1) is 17.8. The molecular formula is C18H25N3O3. The number of carbonyl (C=O) groups is 1. The van der Waals surface area contributed by atoms with Crippen LogP contribution in [0.25, 0.3) is 10.8 Å². The van der Waals surface area contributed by atoms with Gasteiger partial charge in [0.15, 0.2) is 0 Å². The Morgan fingerprint density at radius 2 is 1.92 bits per heavy atom. The number of fused-ring (bicyclic) bond motifs is 1. The Hall–Kier alpha value is -2.50. The Balaban J connectivity index is 2.17. The summed E-state index contributed by atoms with van der Waals surface area (Å²) < 4.78 is 6.88. The third-order valence-electron chi connectivity index (χ3n) is 3.80. The molecule has 1 heterocycles. The zero-order valence-corrected chi connectivity index (χ0v) is 14.9. The van der Waals surface area contributed by atoms with Gasteiger partial charge in [0.05, 0.1) is 0 Å². The quantitative estimate of drug-likeness (QED) is 0.877. The van der Waals surface area contributed by atoms with Crippen molar-refractivity contribution < 1.29 is 9.53 Å². The number of carbonyl (C=O) groups excluding carboxylic acids is 1. The van der Waals surface area contributed by atoms with Crippen molar-refractivity contribution in [1.29, 1.82) is 0 Å². The van der Waals surface area contributed by atoms with Gasteiger partial charge in [0.25, 0.3) is 5.56 Å². The largest absolute Gasteiger partial charge is 0.444 e. The van der Waals surface area contributed by atoms with Crippen LogP contribution in [0.3, 0.4) is 0 Å². The molecule has 0 spiro atoms. The summed E-state index contributed by atoms with van der Waals surface area (Å²) >= 11 is 0. The summed E-state index contributed by atoms with van der Waals surface area (Å²) in [5.74, 6) is 0. The molecule has 6 heteroatoms. The highest BCUT2D eigenvalue weighted by Gasteiger charge is 2.19. The molecule has 0 saturated heterocycles. The minimum atomic E-state index is -0.541. The number of benzene rings is 1. The number of nitrogens with two attached hydrogens (primary N) is 1. The van der Waals surface area contributed by atoms with E-state index in [4.69, 9.17) is 10.5 Å². The van der Waals surface area contributed by atoms with Gasteiger partial charge < -0.3 is 19.9 Å². The Kier molecular flexibility index (Phi) is 4.87. The van der Waals surface area contributed by atoms with E-state index in [9.17, 15) is 9.59 Å². The number of likely N-dealkylation sites (N-methyl/N-ethyl adjacent to an activating group) is 1. The number of aryl methyl sites for hydroxylation is 1. The molecule has 0 unspecified atom stereocenters. The number of nitrogen functional groups attached to an aromatic ring is 1. The van der Waals surface area contributed by atoms with Crippen molar-refractivity contribution in [3.8, 4) is 0 Å². The fraction of sp³-hybridized carbons (Fsp3) is 0.444. The normalized spacial score (nSPS) is 11.5. The van der Waals surface area contributed by atoms with Gasteiger partial charge in [-0.15, -0.1) is 0 Å². The number of ether oxygens (including phenoxy) is 1. The van der Waals surface area contributed by atoms with Crippen molar-refractivity contribution in [2.45, 2.75) is 39.8 Å². The standard InChI is InChI=1S/C18H25N3O3/c1-12-6-7-14-13(15(12)19)8-9-21(16(14)22)11-10-20(5)17(23)24-18(2,3)4/h6-9H,10-11,19H2,1-5H3. The maximum atomic E-state index is 12.6. The smallest absolute Gasteiger partial charge is 0.410 e. The maximum Gasteiger partial charge on any atom is 0.410 e. The first-order valence-electron chi connectivity index (χ1n) is 7.92. The van der Waals surface area contributed by atoms with Gasteiger partial charge in [0, 0.05) is 42.8 Å². The van der Waals surface area contributed by atoms with Crippen LogP contribution in [-0.4, -0.2) is 34.8 Å². The molecule has 1 amide bonds. The molecule has 2 rings (SSSR count). The summed E-state index contributed by atoms with van der Waals surface area (Å²) in [6, 6.07) is 5.47. The van der Waals surface area contributed by atoms with Crippen molar-refractivity contribution in [1.82, 2.24) is 9.47 Å². The highest BCUT2D eigenvalue weighted by molar-refractivity contribution is 5.93. The molecule has 130 valence electrons. The molecule has 0 atom stereocenters. The number of anilines is 1. The number of amides is 1. The molecule has 2 N–H and O–H groups in total. The third-order valence-corrected chi connectivity index (χ3v) is 3.80. The molecule has 0 bridgehead atoms. The predicted octanol–water partition coefficient (Wildman–Crippen LogP) is 2.76. The average Bonchev–Trinajstić information content (AvgIpc) is 2.48. The highest BCUT2D eigenvalue weighted by atomic mass is 16.6. The van der Waals surface area contributed by atoms with Crippen LogP contribution in [0.5, 0.6) is 0 Å². The Bertz CT molecular complexity index is 819. The Labute approximate surface area is 141 Å². The lowest BCUT2D eigenvalue weighted by atomic mass is 10.1. The van der Waals surface area contributed by atoms with Gasteiger partial charge >= 0.3 is 6.09 Å². The van der Waals surface area contributed by atoms with E-state index in [1.54, 1.807) is 23.9 Å². The Morgan fingerprint density at radius 3 is 2.54 bits per heavy atom. The summed E-state index contributed by atoms with van der Waals surface area (Å²) in [5.41, 5.74) is 6.96. The molecular weight excluding hydrogens is 306 g/mol. The van der Waals surface area contributed by atoms with E-state index in [0.29, 0.717) is 24.2 Å². The molecule has 0 aliphatic carbocycles. The van der Waals surface area contributed by atoms with Crippen LogP contribution in [0, 0.1) is 6.92 Å². The minimum absolute atomic E-state index is 0.114. The molecule has 0 radical (unpaired) electrons. The van der Waals surface area contributed by atoms with Gasteiger partial charge in [-0.1, -0.05) is 6.07 Å². The molecule has 0 fully saturated rings. The van der Waals surface area contributed by atoms with Crippen molar-refractivity contribution in [2.24, 2.45) is 0 Å². The van der Waals surface area contributed by atoms with Gasteiger partial charge in [0.2, 0.25) is 0 Å². The van der Waals surface area contributed by atoms with E-state index in [0.717, 1.165) is 10.9 Å². The monoisotopic (exact) mass is 331 g/mol. The van der Waals surface area contributed by atoms with Crippen LogP contribution in [-0.2, 0) is 11.3 Å². The second-order valence-corrected chi connectivity index (χ2v) is 6.97. The van der Waals surface area contributed by atoms with Crippen LogP contribution in [0.4, 0.5) is 10.5 Å². The number of nitrogens with zero attached hydrogens (tertiary/aromatic N) is 2. The van der Waals surface area contributed by atoms with Crippen LogP contribution in [0.1, 0.15) is 26.3 Å². The number of hydrogen-bond donors (Lipinski definition) is 1. The van der Waals surface area contributed by atoms with Crippen LogP contribution in [0.15, 0.2) is 29.2 Å². The first-order chi connectivity index (χ1) is 11.1. The molecule has 0 aliphatic heterocycles. The van der Waals surface area contributed by atoms with E-state index in [1.807, 2.05) is 39.8 Å². The number of aromatic nitrogens is 1. The Morgan fingerprint density at radius 1 is 1.25 bits per heavy atom. The molecule has 6 nitrogen and oxygen atoms in total. The summed E-state index contributed by atoms with van der Waals surface area (Å²) in [5, 5.41) is 1.34. The average molecular weight is 331 g/mol. The van der Waals surface area contributed by atoms with E-state index in [-0.39, 0.29) is 5.56 Å². The summed E-state index contributed by atoms with van der Waals surface area (Å²) in [7, 11) is 1.65. The third kappa shape index (κ3) is 3.88. The first-order valence-corrected chi connectivity index (χ1v) is 7.92. The highest BCUT2D eigenvalue weighted by Crippen LogP contribution is 2.21. The minimum Gasteiger partial charge on any atom is -0.444 e. The van der Waals surface area contributed by atoms with E-state index < -0.39 is 11.7 Å². The lowest BCUT2D eigenvalue weighted by Gasteiger charge is -2.24. The topological polar surface area (TPSA) is 77.6 Å². The van der Waals surface area contributed by atoms with Crippen molar-refractivity contribution in [3.63, 3.8) is 0 Å². The molecule has 1 aromatic heterocycles. The zero-order chi connectivity index (χ0) is 18.1. The van der Waals surface area contributed by atoms with Crippen LogP contribution < -0.4 is 11.3 Å². The number of hydrogen-bond acceptors (Lipinski definition) is 4. The van der Waals surface area contributed by atoms with E-state index in [1.165, 1.54) is 4.90 Å². The van der Waals surface area contributed by atoms with Crippen molar-refractivity contribution >= 4 is 22.6 Å². The van der Waals surface area contributed by atoms with E-state index in [2.05, 4.69) is 0 Å². The summed E-state index contributed by atoms with van der Waals surface area (Å²) in [6.07, 6.45) is 1.31. The fourth-order valence-corrected chi connectivity index (χ4v) is 2.36. The molecule has 2 aromatic rings. The van der Waals surface area contributed by atoms with Gasteiger partial charge in [-0.05, 0) is 45.4 Å². The second kappa shape index (κ2) is 6.55. The van der Waals surface area contributed by atoms with Gasteiger partial charge in [-0.3, -0.25) is 4.79 Å². The maximum absolute atomic E-state index is 12.6.